The van der Waals surface area contributed by atoms with E-state index in [0.29, 0.717) is 68.7 Å². The number of nitrogens with one attached hydrogen (secondary N) is 4. The van der Waals surface area contributed by atoms with Gasteiger partial charge in [0, 0.05) is 175 Å². The van der Waals surface area contributed by atoms with E-state index in [-0.39, 0.29) is 54.3 Å². The zero-order valence-electron chi connectivity index (χ0n) is 67.3. The molecule has 16 rings (SSSR count). The summed E-state index contributed by atoms with van der Waals surface area (Å²) < 4.78 is 11.9. The lowest BCUT2D eigenvalue weighted by molar-refractivity contribution is -0.134. The smallest absolute Gasteiger partial charge is 0.338 e. The molecule has 0 spiro atoms. The molecule has 4 atom stereocenters. The van der Waals surface area contributed by atoms with Crippen molar-refractivity contribution in [1.29, 1.82) is 5.26 Å². The number of pyridine rings is 4. The van der Waals surface area contributed by atoms with Crippen LogP contribution < -0.4 is 40.9 Å². The second kappa shape index (κ2) is 39.7. The first-order valence-electron chi connectivity index (χ1n) is 39.7. The van der Waals surface area contributed by atoms with Crippen LogP contribution in [0.5, 0.6) is 0 Å². The Balaban J connectivity index is 0.000000137. The van der Waals surface area contributed by atoms with E-state index in [0.717, 1.165) is 108 Å². The average Bonchev–Trinajstić information content (AvgIpc) is 1.33. The van der Waals surface area contributed by atoms with Crippen molar-refractivity contribution in [3.05, 3.63) is 219 Å². The van der Waals surface area contributed by atoms with Gasteiger partial charge in [0.25, 0.3) is 0 Å². The number of rotatable bonds is 19. The first-order chi connectivity index (χ1) is 57.5. The fourth-order valence-electron chi connectivity index (χ4n) is 14.8. The van der Waals surface area contributed by atoms with Gasteiger partial charge in [0.2, 0.25) is 41.5 Å². The molecule has 0 unspecified atom stereocenters. The van der Waals surface area contributed by atoms with Crippen molar-refractivity contribution in [3.63, 3.8) is 0 Å². The summed E-state index contributed by atoms with van der Waals surface area (Å²) in [7, 11) is 0. The van der Waals surface area contributed by atoms with E-state index in [4.69, 9.17) is 10.00 Å². The van der Waals surface area contributed by atoms with Crippen molar-refractivity contribution in [2.45, 2.75) is 111 Å². The van der Waals surface area contributed by atoms with Gasteiger partial charge in [-0.2, -0.15) is 25.2 Å². The van der Waals surface area contributed by atoms with E-state index in [1.165, 1.54) is 25.7 Å². The highest BCUT2D eigenvalue weighted by Crippen LogP contribution is 2.28. The van der Waals surface area contributed by atoms with Crippen LogP contribution in [0.1, 0.15) is 97.3 Å². The van der Waals surface area contributed by atoms with E-state index in [9.17, 15) is 19.2 Å². The highest BCUT2D eigenvalue weighted by molar-refractivity contribution is 5.90. The lowest BCUT2D eigenvalue weighted by Crippen LogP contribution is -2.58. The van der Waals surface area contributed by atoms with Crippen molar-refractivity contribution >= 4 is 93.5 Å². The van der Waals surface area contributed by atoms with Gasteiger partial charge >= 0.3 is 5.97 Å². The number of aromatic nitrogens is 16. The topological polar surface area (TPSA) is 346 Å². The van der Waals surface area contributed by atoms with Gasteiger partial charge in [0.05, 0.1) is 41.0 Å². The molecule has 4 aromatic carbocycles. The molecule has 12 heterocycles. The molecule has 4 N–H and O–H groups in total. The summed E-state index contributed by atoms with van der Waals surface area (Å²) in [4.78, 5) is 97.8. The van der Waals surface area contributed by atoms with Crippen LogP contribution in [0, 0.1) is 11.3 Å². The van der Waals surface area contributed by atoms with E-state index < -0.39 is 0 Å². The number of esters is 1. The van der Waals surface area contributed by atoms with Crippen LogP contribution >= 0.6 is 0 Å². The summed E-state index contributed by atoms with van der Waals surface area (Å²) in [5, 5.41) is 39.5. The molecule has 8 aromatic heterocycles. The first kappa shape index (κ1) is 81.8. The van der Waals surface area contributed by atoms with Crippen molar-refractivity contribution < 1.29 is 23.9 Å². The number of piperazine rings is 2. The van der Waals surface area contributed by atoms with Crippen molar-refractivity contribution in [1.82, 2.24) is 93.7 Å². The van der Waals surface area contributed by atoms with E-state index in [1.54, 1.807) is 113 Å². The number of hydrogen-bond acceptors (Lipinski definition) is 26. The van der Waals surface area contributed by atoms with Gasteiger partial charge in [0.1, 0.15) is 55.0 Å². The minimum Gasteiger partial charge on any atom is -0.462 e. The fourth-order valence-corrected chi connectivity index (χ4v) is 14.8. The summed E-state index contributed by atoms with van der Waals surface area (Å²) >= 11 is 0. The van der Waals surface area contributed by atoms with Crippen LogP contribution in [0.15, 0.2) is 214 Å². The molecule has 0 saturated carbocycles. The highest BCUT2D eigenvalue weighted by atomic mass is 16.5. The highest BCUT2D eigenvalue weighted by Gasteiger charge is 2.34. The number of nitrogens with zero attached hydrogens (tertiary/aromatic N) is 24. The van der Waals surface area contributed by atoms with Gasteiger partial charge in [-0.25, -0.2) is 43.5 Å². The number of nitriles is 1. The maximum absolute atomic E-state index is 12.0. The number of carbonyl (C=O) groups excluding carboxylic acids is 4. The fraction of sp³-hybridized carbons (Fsp3) is 0.329. The molecule has 118 heavy (non-hydrogen) atoms. The van der Waals surface area contributed by atoms with E-state index in [2.05, 4.69) is 135 Å². The molecule has 12 aromatic rings. The summed E-state index contributed by atoms with van der Waals surface area (Å²) in [6.45, 7) is 21.4. The summed E-state index contributed by atoms with van der Waals surface area (Å²) in [5.41, 5.74) is 7.63. The van der Waals surface area contributed by atoms with Gasteiger partial charge < -0.3 is 60.3 Å². The van der Waals surface area contributed by atoms with Crippen LogP contribution in [0.4, 0.5) is 69.8 Å². The molecule has 33 heteroatoms. The molecule has 4 aliphatic rings. The molecule has 4 fully saturated rings. The van der Waals surface area contributed by atoms with Crippen LogP contribution in [-0.2, 0) is 19.1 Å². The minimum absolute atomic E-state index is 0.0701. The average molecular weight is 1590 g/mol. The Morgan fingerprint density at radius 2 is 0.729 bits per heavy atom. The number of para-hydroxylation sites is 3. The summed E-state index contributed by atoms with van der Waals surface area (Å²) in [5.74, 6) is 5.37. The Bertz CT molecular complexity index is 5280. The van der Waals surface area contributed by atoms with E-state index >= 15 is 0 Å². The molecule has 608 valence electrons. The number of hydrogen-bond donors (Lipinski definition) is 4. The van der Waals surface area contributed by atoms with Crippen LogP contribution in [-0.4, -0.2) is 214 Å². The van der Waals surface area contributed by atoms with Crippen molar-refractivity contribution in [2.24, 2.45) is 0 Å². The Kier molecular flexibility index (Phi) is 27.5. The standard InChI is InChI=1S/C24H29N7O3.C21H22N8O.C21H25N7O.C19H22N6/c1-5-34-23(33)19-6-8-20(9-7-19)27-24-26-15-30(28-24)21-10-11-25-22(12-21)29-13-16(2)31(18(4)32)17(3)14-29;22-9-7-20(30)28-12-4-11-27(13-14-28)19-15-18(8-10-23-19)29-16-24-21(26-29)25-17-5-2-1-3-6-17;1-15-12-26(13-16(2)28(15)17(3)29)20-11-19(9-10-22-20)27-14-23-21(25-27)24-18-7-5-4-6-8-18;1-2-7-13-24(12-6-1)18-14-17(10-11-20-18)25-15-21-19(23-25)22-16-8-4-3-5-9-16/h6-12,15-17H,5,13-14H2,1-4H3,(H,27,28);1-3,5-6,8,10,15-16H,4,7,11-14H2,(H,25,26);4-11,14-16H,12-13H2,1-3H3,(H,24,25);3-5,8-11,14-15H,1-2,6-7,12-13H2,(H,22,23)/t16-,17+;;15-,16+;. The molecule has 33 nitrogen and oxygen atoms in total. The number of ether oxygens (including phenoxy) is 1. The molecule has 3 amide bonds. The molecule has 0 radical (unpaired) electrons. The zero-order chi connectivity index (χ0) is 82.3. The Labute approximate surface area is 685 Å². The lowest BCUT2D eigenvalue weighted by Gasteiger charge is -2.44. The zero-order valence-corrected chi connectivity index (χ0v) is 67.3. The maximum Gasteiger partial charge on any atom is 0.338 e. The molecular weight excluding hydrogens is 1490 g/mol. The Hall–Kier alpha value is -14.2. The predicted molar refractivity (Wildman–Crippen MR) is 453 cm³/mol. The third-order valence-corrected chi connectivity index (χ3v) is 20.2. The minimum atomic E-state index is -0.351. The van der Waals surface area contributed by atoms with Crippen LogP contribution in [0.3, 0.4) is 0 Å². The monoisotopic (exact) mass is 1590 g/mol. The first-order valence-corrected chi connectivity index (χ1v) is 39.7. The number of amides is 3. The Morgan fingerprint density at radius 1 is 0.398 bits per heavy atom. The molecular formula is C85H98N28O5. The van der Waals surface area contributed by atoms with Gasteiger partial charge in [-0.15, -0.1) is 20.4 Å². The SMILES string of the molecule is CC(=O)N1[C@H](C)CN(c2cc(-n3cnc(Nc4ccccc4)n3)ccn2)C[C@@H]1C.CCOC(=O)c1ccc(Nc2ncn(-c3ccnc(N4C[C@@H](C)N(C(C)=O)[C@@H](C)C4)c3)n2)cc1.N#CCC(=O)N1CCCN(c2cc(-n3cnc(Nc4ccccc4)n3)ccn2)CC1.c1ccc(Nc2ncn(-c3ccnc(N4CCCCCC4)c3)n2)cc1. The third-order valence-electron chi connectivity index (χ3n) is 20.2. The summed E-state index contributed by atoms with van der Waals surface area (Å²) in [6.07, 6.45) is 19.7. The van der Waals surface area contributed by atoms with Gasteiger partial charge in [-0.05, 0) is 139 Å². The predicted octanol–water partition coefficient (Wildman–Crippen LogP) is 12.0. The maximum atomic E-state index is 12.0. The normalized spacial score (nSPS) is 16.7. The van der Waals surface area contributed by atoms with Gasteiger partial charge in [0.15, 0.2) is 0 Å². The second-order valence-electron chi connectivity index (χ2n) is 29.0. The molecule has 0 aliphatic carbocycles. The van der Waals surface area contributed by atoms with Crippen LogP contribution in [0.2, 0.25) is 0 Å². The number of carbonyl (C=O) groups is 4. The van der Waals surface area contributed by atoms with Gasteiger partial charge in [-0.1, -0.05) is 67.4 Å². The molecule has 0 bridgehead atoms. The molecule has 4 saturated heterocycles. The largest absolute Gasteiger partial charge is 0.462 e. The van der Waals surface area contributed by atoms with Crippen LogP contribution in [0.25, 0.3) is 22.7 Å². The lowest BCUT2D eigenvalue weighted by atomic mass is 10.1. The Morgan fingerprint density at radius 3 is 1.07 bits per heavy atom. The number of anilines is 12. The van der Waals surface area contributed by atoms with E-state index in [1.807, 2.05) is 156 Å². The molecule has 4 aliphatic heterocycles. The second-order valence-corrected chi connectivity index (χ2v) is 29.0. The van der Waals surface area contributed by atoms with Gasteiger partial charge in [-0.3, -0.25) is 14.4 Å². The number of benzene rings is 4. The summed E-state index contributed by atoms with van der Waals surface area (Å²) in [6, 6.07) is 54.5. The van der Waals surface area contributed by atoms with Crippen molar-refractivity contribution in [2.75, 3.05) is 113 Å². The third kappa shape index (κ3) is 21.8. The van der Waals surface area contributed by atoms with Crippen molar-refractivity contribution in [3.8, 4) is 28.8 Å². The quantitative estimate of drug-likeness (QED) is 0.0546.